The topological polar surface area (TPSA) is 72.8 Å². The molecule has 0 saturated carbocycles. The first-order chi connectivity index (χ1) is 14.1. The van der Waals surface area contributed by atoms with Crippen molar-refractivity contribution in [2.24, 2.45) is 0 Å². The lowest BCUT2D eigenvalue weighted by atomic mass is 10.1. The second-order valence-electron chi connectivity index (χ2n) is 6.65. The van der Waals surface area contributed by atoms with Gasteiger partial charge >= 0.3 is 0 Å². The first-order valence-corrected chi connectivity index (χ1v) is 10.3. The van der Waals surface area contributed by atoms with E-state index >= 15 is 0 Å². The summed E-state index contributed by atoms with van der Waals surface area (Å²) in [7, 11) is 1.64. The Labute approximate surface area is 173 Å². The first kappa shape index (κ1) is 19.3. The molecule has 0 spiro atoms. The van der Waals surface area contributed by atoms with Crippen LogP contribution in [0.1, 0.15) is 24.2 Å². The number of hydrogen-bond donors (Lipinski definition) is 1. The molecule has 0 radical (unpaired) electrons. The van der Waals surface area contributed by atoms with Crippen LogP contribution in [0.4, 0.5) is 0 Å². The highest BCUT2D eigenvalue weighted by atomic mass is 32.2. The van der Waals surface area contributed by atoms with E-state index in [9.17, 15) is 4.79 Å². The van der Waals surface area contributed by atoms with Gasteiger partial charge in [-0.2, -0.15) is 0 Å². The maximum atomic E-state index is 13.1. The molecule has 148 valence electrons. The van der Waals surface area contributed by atoms with E-state index < -0.39 is 0 Å². The van der Waals surface area contributed by atoms with Crippen LogP contribution in [0.2, 0.25) is 0 Å². The Morgan fingerprint density at radius 1 is 1.17 bits per heavy atom. The number of nitrogens with one attached hydrogen (secondary N) is 1. The number of ether oxygens (including phenoxy) is 1. The number of ketones is 1. The Morgan fingerprint density at radius 2 is 1.93 bits per heavy atom. The number of thioether (sulfide) groups is 1. The van der Waals surface area contributed by atoms with E-state index in [2.05, 4.69) is 15.2 Å². The molecule has 2 aromatic heterocycles. The van der Waals surface area contributed by atoms with Crippen LogP contribution in [0.3, 0.4) is 0 Å². The van der Waals surface area contributed by atoms with Gasteiger partial charge in [-0.1, -0.05) is 30.0 Å². The highest BCUT2D eigenvalue weighted by Crippen LogP contribution is 2.30. The number of H-pyrrole nitrogens is 1. The molecular weight excluding hydrogens is 384 g/mol. The lowest BCUT2D eigenvalue weighted by Crippen LogP contribution is -2.14. The third-order valence-corrected chi connectivity index (χ3v) is 5.97. The van der Waals surface area contributed by atoms with E-state index in [-0.39, 0.29) is 11.0 Å². The number of hydrogen-bond acceptors (Lipinski definition) is 5. The summed E-state index contributed by atoms with van der Waals surface area (Å²) >= 11 is 1.43. The summed E-state index contributed by atoms with van der Waals surface area (Å²) in [5.74, 6) is 1.65. The number of methoxy groups -OCH3 is 1. The molecule has 4 aromatic rings. The Morgan fingerprint density at radius 3 is 2.66 bits per heavy atom. The van der Waals surface area contributed by atoms with Crippen LogP contribution >= 0.6 is 11.8 Å². The van der Waals surface area contributed by atoms with Crippen LogP contribution < -0.4 is 4.74 Å². The minimum Gasteiger partial charge on any atom is -0.497 e. The fourth-order valence-corrected chi connectivity index (χ4v) is 4.30. The zero-order valence-electron chi connectivity index (χ0n) is 16.5. The number of para-hydroxylation sites is 1. The largest absolute Gasteiger partial charge is 0.497 e. The van der Waals surface area contributed by atoms with Gasteiger partial charge in [0.2, 0.25) is 0 Å². The number of nitrogens with zero attached hydrogens (tertiary/aromatic N) is 3. The Kier molecular flexibility index (Phi) is 5.40. The molecule has 0 bridgehead atoms. The number of aromatic nitrogens is 4. The summed E-state index contributed by atoms with van der Waals surface area (Å²) < 4.78 is 7.26. The minimum atomic E-state index is -0.285. The normalized spacial score (nSPS) is 12.2. The Hall–Kier alpha value is -3.06. The summed E-state index contributed by atoms with van der Waals surface area (Å²) in [4.78, 5) is 16.2. The van der Waals surface area contributed by atoms with Crippen LogP contribution in [0.5, 0.6) is 5.75 Å². The molecule has 29 heavy (non-hydrogen) atoms. The van der Waals surface area contributed by atoms with Gasteiger partial charge in [-0.05, 0) is 44.2 Å². The summed E-state index contributed by atoms with van der Waals surface area (Å²) in [5, 5.41) is 10.1. The zero-order chi connectivity index (χ0) is 20.4. The zero-order valence-corrected chi connectivity index (χ0v) is 17.4. The molecule has 1 N–H and O–H groups in total. The highest BCUT2D eigenvalue weighted by Gasteiger charge is 2.23. The molecule has 2 heterocycles. The molecule has 0 aliphatic carbocycles. The first-order valence-electron chi connectivity index (χ1n) is 9.47. The summed E-state index contributed by atoms with van der Waals surface area (Å²) in [6.45, 7) is 4.67. The van der Waals surface area contributed by atoms with Crippen molar-refractivity contribution >= 4 is 28.4 Å². The van der Waals surface area contributed by atoms with Crippen molar-refractivity contribution in [1.29, 1.82) is 0 Å². The number of carbonyl (C=O) groups excluding carboxylic acids is 1. The van der Waals surface area contributed by atoms with E-state index in [0.29, 0.717) is 12.1 Å². The Bertz CT molecular complexity index is 1150. The summed E-state index contributed by atoms with van der Waals surface area (Å²) in [6, 6.07) is 15.6. The molecule has 0 aliphatic heterocycles. The Balaban J connectivity index is 1.58. The third kappa shape index (κ3) is 3.65. The lowest BCUT2D eigenvalue weighted by molar-refractivity contribution is 0.0995. The van der Waals surface area contributed by atoms with E-state index in [1.165, 1.54) is 11.8 Å². The van der Waals surface area contributed by atoms with Gasteiger partial charge in [0.1, 0.15) is 5.75 Å². The quantitative estimate of drug-likeness (QED) is 0.352. The fraction of sp³-hybridized carbons (Fsp3) is 0.227. The van der Waals surface area contributed by atoms with E-state index in [1.54, 1.807) is 13.3 Å². The molecule has 0 unspecified atom stereocenters. The lowest BCUT2D eigenvalue weighted by Gasteiger charge is -2.11. The second kappa shape index (κ2) is 8.13. The van der Waals surface area contributed by atoms with Crippen molar-refractivity contribution in [1.82, 2.24) is 19.7 Å². The standard InChI is InChI=1S/C22H22N4O2S/c1-4-26-21(15-9-11-16(28-3)12-10-15)24-25-22(26)29-14(2)20(27)18-13-23-19-8-6-5-7-17(18)19/h5-14,23H,4H2,1-3H3/t14-/m1/s1. The molecule has 0 amide bonds. The molecule has 4 rings (SSSR count). The van der Waals surface area contributed by atoms with E-state index in [4.69, 9.17) is 4.74 Å². The molecule has 7 heteroatoms. The number of rotatable bonds is 7. The van der Waals surface area contributed by atoms with Crippen LogP contribution in [0.25, 0.3) is 22.3 Å². The van der Waals surface area contributed by atoms with Gasteiger partial charge in [0.25, 0.3) is 0 Å². The molecule has 6 nitrogen and oxygen atoms in total. The number of carbonyl (C=O) groups is 1. The molecule has 0 saturated heterocycles. The van der Waals surface area contributed by atoms with Crippen LogP contribution in [0.15, 0.2) is 59.9 Å². The number of benzene rings is 2. The van der Waals surface area contributed by atoms with Gasteiger partial charge in [-0.15, -0.1) is 10.2 Å². The van der Waals surface area contributed by atoms with Crippen LogP contribution in [-0.2, 0) is 6.54 Å². The van der Waals surface area contributed by atoms with Crippen molar-refractivity contribution in [3.05, 3.63) is 60.3 Å². The smallest absolute Gasteiger partial charge is 0.192 e. The number of aromatic amines is 1. The van der Waals surface area contributed by atoms with Crippen molar-refractivity contribution in [3.8, 4) is 17.1 Å². The molecule has 0 aliphatic rings. The molecule has 1 atom stereocenters. The molecule has 0 fully saturated rings. The van der Waals surface area contributed by atoms with Crippen molar-refractivity contribution in [2.45, 2.75) is 30.8 Å². The van der Waals surface area contributed by atoms with Gasteiger partial charge in [-0.25, -0.2) is 0 Å². The predicted octanol–water partition coefficient (Wildman–Crippen LogP) is 4.82. The monoisotopic (exact) mass is 406 g/mol. The maximum absolute atomic E-state index is 13.1. The van der Waals surface area contributed by atoms with Crippen molar-refractivity contribution < 1.29 is 9.53 Å². The van der Waals surface area contributed by atoms with E-state index in [0.717, 1.165) is 33.2 Å². The summed E-state index contributed by atoms with van der Waals surface area (Å²) in [5.41, 5.74) is 2.63. The van der Waals surface area contributed by atoms with E-state index in [1.807, 2.05) is 66.9 Å². The van der Waals surface area contributed by atoms with Gasteiger partial charge in [0, 0.05) is 34.8 Å². The number of fused-ring (bicyclic) bond motifs is 1. The third-order valence-electron chi connectivity index (χ3n) is 4.89. The van der Waals surface area contributed by atoms with Crippen LogP contribution in [0, 0.1) is 0 Å². The SMILES string of the molecule is CCn1c(S[C@H](C)C(=O)c2c[nH]c3ccccc23)nnc1-c1ccc(OC)cc1. The fourth-order valence-electron chi connectivity index (χ4n) is 3.32. The second-order valence-corrected chi connectivity index (χ2v) is 7.96. The van der Waals surface area contributed by atoms with Gasteiger partial charge < -0.3 is 14.3 Å². The molecule has 2 aromatic carbocycles. The van der Waals surface area contributed by atoms with Crippen LogP contribution in [-0.4, -0.2) is 37.9 Å². The predicted molar refractivity (Wildman–Crippen MR) is 116 cm³/mol. The average molecular weight is 407 g/mol. The van der Waals surface area contributed by atoms with Gasteiger partial charge in [0.15, 0.2) is 16.8 Å². The van der Waals surface area contributed by atoms with Crippen molar-refractivity contribution in [3.63, 3.8) is 0 Å². The minimum absolute atomic E-state index is 0.0732. The van der Waals surface area contributed by atoms with Gasteiger partial charge in [0.05, 0.1) is 12.4 Å². The highest BCUT2D eigenvalue weighted by molar-refractivity contribution is 8.00. The number of Topliss-reactive ketones (excluding diaryl/α,β-unsaturated/α-hetero) is 1. The summed E-state index contributed by atoms with van der Waals surface area (Å²) in [6.07, 6.45) is 1.79. The van der Waals surface area contributed by atoms with Gasteiger partial charge in [-0.3, -0.25) is 4.79 Å². The van der Waals surface area contributed by atoms with Crippen molar-refractivity contribution in [2.75, 3.05) is 7.11 Å². The molecular formula is C22H22N4O2S. The average Bonchev–Trinajstić information content (AvgIpc) is 3.37. The maximum Gasteiger partial charge on any atom is 0.192 e.